The van der Waals surface area contributed by atoms with E-state index >= 15 is 0 Å². The van der Waals surface area contributed by atoms with Crippen LogP contribution >= 0.6 is 0 Å². The molecule has 1 aromatic carbocycles. The van der Waals surface area contributed by atoms with Crippen molar-refractivity contribution in [2.24, 2.45) is 0 Å². The van der Waals surface area contributed by atoms with Crippen molar-refractivity contribution in [3.8, 4) is 5.75 Å². The van der Waals surface area contributed by atoms with Crippen molar-refractivity contribution in [3.05, 3.63) is 28.8 Å². The van der Waals surface area contributed by atoms with Gasteiger partial charge in [-0.1, -0.05) is 13.8 Å². The van der Waals surface area contributed by atoms with Crippen LogP contribution in [-0.2, 0) is 22.6 Å². The number of rotatable bonds is 5. The molecule has 0 spiro atoms. The summed E-state index contributed by atoms with van der Waals surface area (Å²) in [4.78, 5) is 3.00. The number of phenolic OH excluding ortho intramolecular Hbond substituents is 1. The third-order valence-electron chi connectivity index (χ3n) is 5.24. The van der Waals surface area contributed by atoms with Gasteiger partial charge in [-0.3, -0.25) is 0 Å². The van der Waals surface area contributed by atoms with E-state index in [-0.39, 0.29) is 0 Å². The predicted molar refractivity (Wildman–Crippen MR) is 92.6 cm³/mol. The Balaban J connectivity index is 1.80. The molecule has 0 aromatic heterocycles. The van der Waals surface area contributed by atoms with Crippen molar-refractivity contribution in [1.29, 1.82) is 0 Å². The van der Waals surface area contributed by atoms with Crippen LogP contribution in [-0.4, -0.2) is 57.7 Å². The summed E-state index contributed by atoms with van der Waals surface area (Å²) in [6.45, 7) is 13.6. The number of aromatic hydroxyl groups is 1. The first-order valence-corrected chi connectivity index (χ1v) is 9.30. The largest absolute Gasteiger partial charge is 0.507 e. The van der Waals surface area contributed by atoms with Gasteiger partial charge in [0.15, 0.2) is 0 Å². The summed E-state index contributed by atoms with van der Waals surface area (Å²) in [6.07, 6.45) is 0. The SMILES string of the molecule is CC(C)c1cc(C[NH+]2CCOCC2)c(O)c(C[NH+]2CCOCC2)c1. The normalized spacial score (nSPS) is 20.6. The second-order valence-corrected chi connectivity index (χ2v) is 7.42. The second-order valence-electron chi connectivity index (χ2n) is 7.42. The standard InChI is InChI=1S/C19H30N2O3/c1-15(2)16-11-17(13-20-3-7-23-8-4-20)19(22)18(12-16)14-21-5-9-24-10-6-21/h11-12,15,22H,3-10,13-14H2,1-2H3/p+2. The molecule has 0 radical (unpaired) electrons. The lowest BCUT2D eigenvalue weighted by Gasteiger charge is -2.26. The van der Waals surface area contributed by atoms with E-state index in [0.29, 0.717) is 11.7 Å². The zero-order valence-electron chi connectivity index (χ0n) is 15.1. The summed E-state index contributed by atoms with van der Waals surface area (Å²) in [5, 5.41) is 10.9. The van der Waals surface area contributed by atoms with E-state index in [1.54, 1.807) is 0 Å². The maximum absolute atomic E-state index is 10.9. The van der Waals surface area contributed by atoms with Gasteiger partial charge in [0.25, 0.3) is 0 Å². The molecule has 0 amide bonds. The molecule has 2 heterocycles. The molecule has 5 heteroatoms. The molecular formula is C19H32N2O3+2. The average molecular weight is 336 g/mol. The quantitative estimate of drug-likeness (QED) is 0.669. The van der Waals surface area contributed by atoms with Gasteiger partial charge in [0.2, 0.25) is 0 Å². The van der Waals surface area contributed by atoms with Gasteiger partial charge >= 0.3 is 0 Å². The minimum atomic E-state index is 0.475. The number of phenols is 1. The Hall–Kier alpha value is -1.14. The molecule has 2 saturated heterocycles. The van der Waals surface area contributed by atoms with E-state index in [2.05, 4.69) is 26.0 Å². The van der Waals surface area contributed by atoms with Crippen molar-refractivity contribution in [3.63, 3.8) is 0 Å². The third-order valence-corrected chi connectivity index (χ3v) is 5.24. The summed E-state index contributed by atoms with van der Waals surface area (Å²) in [5.41, 5.74) is 3.53. The molecule has 0 saturated carbocycles. The zero-order valence-corrected chi connectivity index (χ0v) is 15.1. The number of quaternary nitrogens is 2. The van der Waals surface area contributed by atoms with Crippen molar-refractivity contribution < 1.29 is 24.4 Å². The van der Waals surface area contributed by atoms with E-state index in [4.69, 9.17) is 9.47 Å². The maximum Gasteiger partial charge on any atom is 0.133 e. The Labute approximate surface area is 145 Å². The highest BCUT2D eigenvalue weighted by atomic mass is 16.5. The fourth-order valence-electron chi connectivity index (χ4n) is 3.60. The lowest BCUT2D eigenvalue weighted by molar-refractivity contribution is -0.922. The summed E-state index contributed by atoms with van der Waals surface area (Å²) >= 11 is 0. The summed E-state index contributed by atoms with van der Waals surface area (Å²) in [7, 11) is 0. The van der Waals surface area contributed by atoms with Gasteiger partial charge in [-0.25, -0.2) is 0 Å². The van der Waals surface area contributed by atoms with Crippen molar-refractivity contribution in [2.45, 2.75) is 32.9 Å². The van der Waals surface area contributed by atoms with Crippen LogP contribution in [0.25, 0.3) is 0 Å². The molecule has 0 bridgehead atoms. The van der Waals surface area contributed by atoms with Crippen LogP contribution in [0.5, 0.6) is 5.75 Å². The monoisotopic (exact) mass is 336 g/mol. The molecule has 0 unspecified atom stereocenters. The third kappa shape index (κ3) is 4.48. The Morgan fingerprint density at radius 3 is 1.67 bits per heavy atom. The summed E-state index contributed by atoms with van der Waals surface area (Å²) < 4.78 is 10.9. The number of benzene rings is 1. The Bertz CT molecular complexity index is 494. The molecule has 2 fully saturated rings. The van der Waals surface area contributed by atoms with E-state index in [1.165, 1.54) is 15.4 Å². The van der Waals surface area contributed by atoms with Gasteiger partial charge in [-0.15, -0.1) is 0 Å². The molecule has 2 aliphatic heterocycles. The van der Waals surface area contributed by atoms with Crippen molar-refractivity contribution >= 4 is 0 Å². The molecule has 24 heavy (non-hydrogen) atoms. The Kier molecular flexibility index (Phi) is 6.11. The van der Waals surface area contributed by atoms with Crippen molar-refractivity contribution in [1.82, 2.24) is 0 Å². The Morgan fingerprint density at radius 2 is 1.29 bits per heavy atom. The summed E-state index contributed by atoms with van der Waals surface area (Å²) in [6, 6.07) is 4.42. The first kappa shape index (κ1) is 17.7. The molecule has 1 aromatic rings. The number of ether oxygens (including phenoxy) is 2. The van der Waals surface area contributed by atoms with Crippen LogP contribution < -0.4 is 9.80 Å². The molecule has 3 rings (SSSR count). The van der Waals surface area contributed by atoms with E-state index in [9.17, 15) is 5.11 Å². The first-order chi connectivity index (χ1) is 11.6. The Morgan fingerprint density at radius 1 is 0.875 bits per heavy atom. The lowest BCUT2D eigenvalue weighted by Crippen LogP contribution is -3.13. The minimum absolute atomic E-state index is 0.475. The molecule has 134 valence electrons. The van der Waals surface area contributed by atoms with E-state index in [0.717, 1.165) is 76.8 Å². The number of morpholine rings is 2. The van der Waals surface area contributed by atoms with Crippen LogP contribution in [0.4, 0.5) is 0 Å². The first-order valence-electron chi connectivity index (χ1n) is 9.30. The van der Waals surface area contributed by atoms with Gasteiger partial charge in [0.05, 0.1) is 26.4 Å². The number of hydrogen-bond acceptors (Lipinski definition) is 3. The highest BCUT2D eigenvalue weighted by molar-refractivity contribution is 5.44. The number of nitrogens with one attached hydrogen (secondary N) is 2. The molecule has 0 atom stereocenters. The second kappa shape index (κ2) is 8.30. The number of hydrogen-bond donors (Lipinski definition) is 3. The average Bonchev–Trinajstić information content (AvgIpc) is 2.60. The minimum Gasteiger partial charge on any atom is -0.507 e. The van der Waals surface area contributed by atoms with Gasteiger partial charge in [-0.05, 0) is 23.6 Å². The summed E-state index contributed by atoms with van der Waals surface area (Å²) in [5.74, 6) is 0.986. The van der Waals surface area contributed by atoms with E-state index < -0.39 is 0 Å². The van der Waals surface area contributed by atoms with Crippen LogP contribution in [0.3, 0.4) is 0 Å². The lowest BCUT2D eigenvalue weighted by atomic mass is 9.96. The van der Waals surface area contributed by atoms with Crippen LogP contribution in [0, 0.1) is 0 Å². The highest BCUT2D eigenvalue weighted by Gasteiger charge is 2.22. The molecule has 5 nitrogen and oxygen atoms in total. The molecule has 3 N–H and O–H groups in total. The molecule has 2 aliphatic rings. The van der Waals surface area contributed by atoms with Gasteiger partial charge in [0.1, 0.15) is 45.0 Å². The molecular weight excluding hydrogens is 304 g/mol. The van der Waals surface area contributed by atoms with Gasteiger partial charge in [-0.2, -0.15) is 0 Å². The molecule has 0 aliphatic carbocycles. The van der Waals surface area contributed by atoms with Crippen molar-refractivity contribution in [2.75, 3.05) is 52.6 Å². The van der Waals surface area contributed by atoms with Gasteiger partial charge < -0.3 is 24.4 Å². The van der Waals surface area contributed by atoms with Crippen LogP contribution in [0.2, 0.25) is 0 Å². The van der Waals surface area contributed by atoms with Crippen LogP contribution in [0.1, 0.15) is 36.5 Å². The topological polar surface area (TPSA) is 47.6 Å². The van der Waals surface area contributed by atoms with E-state index in [1.807, 2.05) is 0 Å². The van der Waals surface area contributed by atoms with Crippen LogP contribution in [0.15, 0.2) is 12.1 Å². The predicted octanol–water partition coefficient (Wildman–Crippen LogP) is -0.654. The smallest absolute Gasteiger partial charge is 0.133 e. The highest BCUT2D eigenvalue weighted by Crippen LogP contribution is 2.27. The van der Waals surface area contributed by atoms with Gasteiger partial charge in [0, 0.05) is 11.1 Å². The fraction of sp³-hybridized carbons (Fsp3) is 0.684. The fourth-order valence-corrected chi connectivity index (χ4v) is 3.60. The maximum atomic E-state index is 10.9. The zero-order chi connectivity index (χ0) is 16.9.